The van der Waals surface area contributed by atoms with E-state index in [0.717, 1.165) is 0 Å². The van der Waals surface area contributed by atoms with Gasteiger partial charge in [0.2, 0.25) is 0 Å². The van der Waals surface area contributed by atoms with E-state index in [9.17, 15) is 0 Å². The number of aliphatic carboxylic acids is 2. The normalized spacial score (nSPS) is 8.47. The highest BCUT2D eigenvalue weighted by Gasteiger charge is 2.04. The summed E-state index contributed by atoms with van der Waals surface area (Å²) in [6, 6.07) is 0. The lowest BCUT2D eigenvalue weighted by molar-refractivity contribution is -0.742. The molecule has 0 saturated heterocycles. The van der Waals surface area contributed by atoms with Crippen LogP contribution in [0.5, 0.6) is 0 Å². The number of carbonyl (C=O) groups is 2. The van der Waals surface area contributed by atoms with Gasteiger partial charge in [0, 0.05) is 0 Å². The quantitative estimate of drug-likeness (QED) is 0.118. The zero-order valence-electron chi connectivity index (χ0n) is 6.62. The fourth-order valence-corrected chi connectivity index (χ4v) is 0. The molecule has 0 aromatic carbocycles. The van der Waals surface area contributed by atoms with Gasteiger partial charge >= 0.3 is 19.8 Å². The summed E-state index contributed by atoms with van der Waals surface area (Å²) in [5, 5.41) is 28.4. The van der Waals surface area contributed by atoms with E-state index in [1.807, 2.05) is 0 Å². The van der Waals surface area contributed by atoms with Crippen LogP contribution in [0.1, 0.15) is 0 Å². The van der Waals surface area contributed by atoms with Gasteiger partial charge in [0.15, 0.2) is 0 Å². The number of rotatable bonds is 0. The van der Waals surface area contributed by atoms with E-state index >= 15 is 0 Å². The van der Waals surface area contributed by atoms with Crippen molar-refractivity contribution in [2.45, 2.75) is 0 Å². The fourth-order valence-electron chi connectivity index (χ4n) is 0. The van der Waals surface area contributed by atoms with Crippen LogP contribution in [-0.2, 0) is 14.2 Å². The molecule has 13 heteroatoms. The summed E-state index contributed by atoms with van der Waals surface area (Å²) < 4.78 is 8.88. The lowest BCUT2D eigenvalue weighted by atomic mass is 10.7. The van der Waals surface area contributed by atoms with Crippen molar-refractivity contribution in [1.82, 2.24) is 0 Å². The molecule has 6 N–H and O–H groups in total. The van der Waals surface area contributed by atoms with Crippen molar-refractivity contribution in [1.29, 1.82) is 0 Å². The van der Waals surface area contributed by atoms with Crippen LogP contribution < -0.4 is 0 Å². The zero-order valence-corrected chi connectivity index (χ0v) is 7.51. The van der Waals surface area contributed by atoms with Crippen molar-refractivity contribution in [2.24, 2.45) is 0 Å². The van der Waals surface area contributed by atoms with Crippen LogP contribution in [0, 0.1) is 10.1 Å². The highest BCUT2D eigenvalue weighted by atomic mass is 31.2. The van der Waals surface area contributed by atoms with Gasteiger partial charge in [-0.05, 0) is 0 Å². The Bertz CT molecular complexity index is 239. The van der Waals surface area contributed by atoms with Crippen molar-refractivity contribution in [3.05, 3.63) is 10.1 Å². The molecule has 0 unspecified atom stereocenters. The molecule has 15 heavy (non-hydrogen) atoms. The molecule has 0 spiro atoms. The topological polar surface area (TPSA) is 216 Å². The molecule has 0 amide bonds. The monoisotopic (exact) mass is 251 g/mol. The van der Waals surface area contributed by atoms with E-state index in [1.165, 1.54) is 0 Å². The molecule has 0 aliphatic heterocycles. The third kappa shape index (κ3) is 254. The number of hydrogen-bond acceptors (Lipinski definition) is 5. The van der Waals surface area contributed by atoms with Crippen LogP contribution in [0.4, 0.5) is 0 Å². The predicted octanol–water partition coefficient (Wildman–Crippen LogP) is -2.12. The first-order valence-corrected chi connectivity index (χ1v) is 4.02. The summed E-state index contributed by atoms with van der Waals surface area (Å²) in [6.07, 6.45) is 0. The molecule has 0 heterocycles. The first kappa shape index (κ1) is 18.9. The maximum absolute atomic E-state index is 9.10. The Hall–Kier alpha value is -1.75. The number of nitrogens with zero attached hydrogens (tertiary/aromatic N) is 1. The SMILES string of the molecule is O=C(O)C(=O)O.O=P(O)(O)O.O=[N+]([O-])O. The highest BCUT2D eigenvalue weighted by molar-refractivity contribution is 7.45. The van der Waals surface area contributed by atoms with Gasteiger partial charge in [0.25, 0.3) is 5.09 Å². The van der Waals surface area contributed by atoms with Crippen LogP contribution in [0.15, 0.2) is 0 Å². The molecular formula is C2H6NO11P. The van der Waals surface area contributed by atoms with Crippen LogP contribution in [0.25, 0.3) is 0 Å². The van der Waals surface area contributed by atoms with E-state index in [1.54, 1.807) is 0 Å². The largest absolute Gasteiger partial charge is 0.473 e. The summed E-state index contributed by atoms with van der Waals surface area (Å²) in [7, 11) is -4.64. The Balaban J connectivity index is -0.000000147. The van der Waals surface area contributed by atoms with E-state index in [4.69, 9.17) is 54.4 Å². The standard InChI is InChI=1S/C2H2O4.HNO3.H3O4P/c3-1(4)2(5)6;2-1(3)4;1-5(2,3)4/h(H,3,4)(H,5,6);(H,2,3,4);(H3,1,2,3,4). The first-order chi connectivity index (χ1) is 6.37. The van der Waals surface area contributed by atoms with Crippen LogP contribution >= 0.6 is 7.82 Å². The lowest BCUT2D eigenvalue weighted by Gasteiger charge is -1.82. The third-order valence-corrected chi connectivity index (χ3v) is 0.183. The third-order valence-electron chi connectivity index (χ3n) is 0.183. The molecule has 90 valence electrons. The van der Waals surface area contributed by atoms with Crippen molar-refractivity contribution >= 4 is 19.8 Å². The van der Waals surface area contributed by atoms with Gasteiger partial charge in [-0.1, -0.05) is 0 Å². The minimum absolute atomic E-state index is 1.50. The Kier molecular flexibility index (Phi) is 11.1. The summed E-state index contributed by atoms with van der Waals surface area (Å²) in [5.74, 6) is -3.65. The molecule has 0 radical (unpaired) electrons. The molecule has 0 rings (SSSR count). The molecule has 0 aliphatic rings. The van der Waals surface area contributed by atoms with Crippen molar-refractivity contribution < 1.29 is 49.3 Å². The Labute approximate surface area is 80.4 Å². The minimum atomic E-state index is -4.64. The summed E-state index contributed by atoms with van der Waals surface area (Å²) in [5.41, 5.74) is 0. The smallest absolute Gasteiger partial charge is 0.466 e. The zero-order chi connectivity index (χ0) is 13.2. The number of hydrogen-bond donors (Lipinski definition) is 6. The molecule has 0 saturated carbocycles. The van der Waals surface area contributed by atoms with Crippen LogP contribution in [0.2, 0.25) is 0 Å². The molecule has 0 bridgehead atoms. The fraction of sp³-hybridized carbons (Fsp3) is 0. The second-order valence-electron chi connectivity index (χ2n) is 1.36. The molecule has 0 aromatic rings. The summed E-state index contributed by atoms with van der Waals surface area (Å²) in [6.45, 7) is 0. The maximum atomic E-state index is 9.10. The molecular weight excluding hydrogens is 245 g/mol. The highest BCUT2D eigenvalue weighted by Crippen LogP contribution is 2.25. The van der Waals surface area contributed by atoms with Crippen molar-refractivity contribution in [3.8, 4) is 0 Å². The number of phosphoric acid groups is 1. The molecule has 12 nitrogen and oxygen atoms in total. The van der Waals surface area contributed by atoms with Crippen molar-refractivity contribution in [3.63, 3.8) is 0 Å². The predicted molar refractivity (Wildman–Crippen MR) is 38.3 cm³/mol. The van der Waals surface area contributed by atoms with E-state index < -0.39 is 24.8 Å². The lowest BCUT2D eigenvalue weighted by Crippen LogP contribution is -2.09. The van der Waals surface area contributed by atoms with Gasteiger partial charge in [-0.15, -0.1) is 10.1 Å². The number of carboxylic acid groups (broad SMARTS) is 2. The molecule has 0 fully saturated rings. The Morgan fingerprint density at radius 1 is 1.07 bits per heavy atom. The molecule has 0 aliphatic carbocycles. The molecule has 0 aromatic heterocycles. The second kappa shape index (κ2) is 8.83. The van der Waals surface area contributed by atoms with Crippen LogP contribution in [0.3, 0.4) is 0 Å². The van der Waals surface area contributed by atoms with E-state index in [0.29, 0.717) is 0 Å². The van der Waals surface area contributed by atoms with Gasteiger partial charge in [0.1, 0.15) is 0 Å². The van der Waals surface area contributed by atoms with Gasteiger partial charge in [-0.3, -0.25) is 0 Å². The van der Waals surface area contributed by atoms with E-state index in [2.05, 4.69) is 0 Å². The van der Waals surface area contributed by atoms with Crippen molar-refractivity contribution in [2.75, 3.05) is 0 Å². The van der Waals surface area contributed by atoms with Gasteiger partial charge in [0.05, 0.1) is 0 Å². The minimum Gasteiger partial charge on any atom is -0.473 e. The Morgan fingerprint density at radius 3 is 1.13 bits per heavy atom. The summed E-state index contributed by atoms with van der Waals surface area (Å²) >= 11 is 0. The van der Waals surface area contributed by atoms with Gasteiger partial charge < -0.3 is 30.1 Å². The molecule has 0 atom stereocenters. The van der Waals surface area contributed by atoms with Gasteiger partial charge in [-0.2, -0.15) is 0 Å². The first-order valence-electron chi connectivity index (χ1n) is 2.45. The van der Waals surface area contributed by atoms with E-state index in [-0.39, 0.29) is 0 Å². The Morgan fingerprint density at radius 2 is 1.13 bits per heavy atom. The summed E-state index contributed by atoms with van der Waals surface area (Å²) in [4.78, 5) is 48.1. The number of carboxylic acids is 2. The maximum Gasteiger partial charge on any atom is 0.466 e. The van der Waals surface area contributed by atoms with Crippen LogP contribution in [-0.4, -0.2) is 47.1 Å². The average Bonchev–Trinajstić information content (AvgIpc) is 1.80. The van der Waals surface area contributed by atoms with Gasteiger partial charge in [-0.25, -0.2) is 14.2 Å². The second-order valence-corrected chi connectivity index (χ2v) is 2.39. The average molecular weight is 251 g/mol.